The van der Waals surface area contributed by atoms with Crippen molar-refractivity contribution < 1.29 is 4.42 Å². The zero-order valence-corrected chi connectivity index (χ0v) is 32.0. The minimum absolute atomic E-state index is 0.579. The highest BCUT2D eigenvalue weighted by molar-refractivity contribution is 6.13. The standard InChI is InChI=1S/C55H35N3O/c1-3-10-36(11-4-1)39-18-25-42(26-19-39)48-16-9-17-50-52(48)49-33-32-47(35-51(49)59-50)55-57-53(43-27-20-40(21-28-43)37-12-5-2-6-13-37)56-54(58-55)44-29-22-41(23-30-44)46-31-24-38-14-7-8-15-45(38)34-46/h1-35H. The van der Waals surface area contributed by atoms with Crippen molar-refractivity contribution in [1.82, 2.24) is 15.0 Å². The van der Waals surface area contributed by atoms with Crippen LogP contribution in [0.15, 0.2) is 217 Å². The van der Waals surface area contributed by atoms with Crippen molar-refractivity contribution in [1.29, 1.82) is 0 Å². The summed E-state index contributed by atoms with van der Waals surface area (Å²) in [6, 6.07) is 74.1. The van der Waals surface area contributed by atoms with Crippen LogP contribution in [0.2, 0.25) is 0 Å². The molecule has 0 fully saturated rings. The molecule has 9 aromatic carbocycles. The second kappa shape index (κ2) is 14.5. The predicted molar refractivity (Wildman–Crippen MR) is 243 cm³/mol. The van der Waals surface area contributed by atoms with Crippen LogP contribution in [0.25, 0.3) is 111 Å². The van der Waals surface area contributed by atoms with E-state index in [-0.39, 0.29) is 0 Å². The molecule has 0 aliphatic rings. The van der Waals surface area contributed by atoms with Crippen LogP contribution in [0.5, 0.6) is 0 Å². The maximum Gasteiger partial charge on any atom is 0.164 e. The Balaban J connectivity index is 0.989. The monoisotopic (exact) mass is 753 g/mol. The molecule has 0 radical (unpaired) electrons. The summed E-state index contributed by atoms with van der Waals surface area (Å²) in [6.45, 7) is 0. The van der Waals surface area contributed by atoms with Gasteiger partial charge in [0.15, 0.2) is 17.5 Å². The van der Waals surface area contributed by atoms with Crippen molar-refractivity contribution in [3.8, 4) is 78.7 Å². The van der Waals surface area contributed by atoms with Crippen LogP contribution in [0, 0.1) is 0 Å². The molecule has 0 saturated heterocycles. The molecule has 4 heteroatoms. The second-order valence-corrected chi connectivity index (χ2v) is 14.8. The summed E-state index contributed by atoms with van der Waals surface area (Å²) >= 11 is 0. The number of hydrogen-bond acceptors (Lipinski definition) is 4. The van der Waals surface area contributed by atoms with Crippen molar-refractivity contribution in [3.63, 3.8) is 0 Å². The fourth-order valence-corrected chi connectivity index (χ4v) is 8.06. The maximum absolute atomic E-state index is 6.57. The van der Waals surface area contributed by atoms with Gasteiger partial charge in [-0.2, -0.15) is 0 Å². The molecule has 0 unspecified atom stereocenters. The molecule has 11 aromatic rings. The Kier molecular flexibility index (Phi) is 8.45. The summed E-state index contributed by atoms with van der Waals surface area (Å²) in [7, 11) is 0. The van der Waals surface area contributed by atoms with E-state index in [0.717, 1.165) is 72.0 Å². The number of rotatable bonds is 7. The Bertz CT molecular complexity index is 3280. The molecule has 0 spiro atoms. The van der Waals surface area contributed by atoms with Gasteiger partial charge < -0.3 is 4.42 Å². The predicted octanol–water partition coefficient (Wildman–Crippen LogP) is 14.6. The van der Waals surface area contributed by atoms with E-state index in [9.17, 15) is 0 Å². The lowest BCUT2D eigenvalue weighted by atomic mass is 9.96. The van der Waals surface area contributed by atoms with Gasteiger partial charge in [0.05, 0.1) is 0 Å². The minimum atomic E-state index is 0.579. The lowest BCUT2D eigenvalue weighted by Gasteiger charge is -2.10. The largest absolute Gasteiger partial charge is 0.456 e. The molecule has 0 bridgehead atoms. The third-order valence-corrected chi connectivity index (χ3v) is 11.2. The molecule has 11 rings (SSSR count). The van der Waals surface area contributed by atoms with Crippen LogP contribution in [-0.4, -0.2) is 15.0 Å². The quantitative estimate of drug-likeness (QED) is 0.163. The highest BCUT2D eigenvalue weighted by Crippen LogP contribution is 2.39. The van der Waals surface area contributed by atoms with Crippen LogP contribution in [0.3, 0.4) is 0 Å². The molecule has 0 aliphatic carbocycles. The van der Waals surface area contributed by atoms with Crippen LogP contribution in [0.4, 0.5) is 0 Å². The molecule has 276 valence electrons. The molecule has 4 nitrogen and oxygen atoms in total. The Morgan fingerprint density at radius 2 is 0.729 bits per heavy atom. The topological polar surface area (TPSA) is 51.8 Å². The van der Waals surface area contributed by atoms with Crippen molar-refractivity contribution >= 4 is 32.7 Å². The maximum atomic E-state index is 6.57. The van der Waals surface area contributed by atoms with E-state index in [1.807, 2.05) is 18.2 Å². The molecular weight excluding hydrogens is 719 g/mol. The summed E-state index contributed by atoms with van der Waals surface area (Å²) in [4.78, 5) is 15.3. The van der Waals surface area contributed by atoms with Gasteiger partial charge >= 0.3 is 0 Å². The van der Waals surface area contributed by atoms with Gasteiger partial charge in [-0.3, -0.25) is 0 Å². The van der Waals surface area contributed by atoms with E-state index < -0.39 is 0 Å². The van der Waals surface area contributed by atoms with E-state index >= 15 is 0 Å². The van der Waals surface area contributed by atoms with Crippen molar-refractivity contribution in [2.45, 2.75) is 0 Å². The van der Waals surface area contributed by atoms with Crippen LogP contribution in [0.1, 0.15) is 0 Å². The number of nitrogens with zero attached hydrogens (tertiary/aromatic N) is 3. The fourth-order valence-electron chi connectivity index (χ4n) is 8.06. The summed E-state index contributed by atoms with van der Waals surface area (Å²) in [5, 5.41) is 4.57. The normalized spacial score (nSPS) is 11.4. The highest BCUT2D eigenvalue weighted by atomic mass is 16.3. The molecule has 2 aromatic heterocycles. The third kappa shape index (κ3) is 6.53. The van der Waals surface area contributed by atoms with Gasteiger partial charge in [0.25, 0.3) is 0 Å². The van der Waals surface area contributed by atoms with Gasteiger partial charge in [-0.25, -0.2) is 15.0 Å². The van der Waals surface area contributed by atoms with Gasteiger partial charge in [-0.1, -0.05) is 188 Å². The first-order valence-corrected chi connectivity index (χ1v) is 19.8. The van der Waals surface area contributed by atoms with Gasteiger partial charge in [0, 0.05) is 27.5 Å². The van der Waals surface area contributed by atoms with Gasteiger partial charge in [-0.15, -0.1) is 0 Å². The van der Waals surface area contributed by atoms with Crippen LogP contribution in [-0.2, 0) is 0 Å². The molecule has 59 heavy (non-hydrogen) atoms. The SMILES string of the molecule is c1ccc(-c2ccc(-c3nc(-c4ccc(-c5ccc6ccccc6c5)cc4)nc(-c4ccc5c(c4)oc4cccc(-c6ccc(-c7ccccc7)cc6)c45)n3)cc2)cc1. The fraction of sp³-hybridized carbons (Fsp3) is 0. The Hall–Kier alpha value is -7.95. The van der Waals surface area contributed by atoms with Crippen molar-refractivity contribution in [2.24, 2.45) is 0 Å². The number of benzene rings is 9. The van der Waals surface area contributed by atoms with E-state index in [1.54, 1.807) is 0 Å². The van der Waals surface area contributed by atoms with E-state index in [2.05, 4.69) is 194 Å². The number of hydrogen-bond donors (Lipinski definition) is 0. The number of fused-ring (bicyclic) bond motifs is 4. The highest BCUT2D eigenvalue weighted by Gasteiger charge is 2.17. The van der Waals surface area contributed by atoms with Crippen molar-refractivity contribution in [3.05, 3.63) is 212 Å². The van der Waals surface area contributed by atoms with Gasteiger partial charge in [0.1, 0.15) is 11.2 Å². The third-order valence-electron chi connectivity index (χ3n) is 11.2. The summed E-state index contributed by atoms with van der Waals surface area (Å²) in [5.41, 5.74) is 13.5. The Labute approximate surface area is 341 Å². The first kappa shape index (κ1) is 34.3. The number of aromatic nitrogens is 3. The smallest absolute Gasteiger partial charge is 0.164 e. The summed E-state index contributed by atoms with van der Waals surface area (Å²) < 4.78 is 6.57. The molecular formula is C55H35N3O. The van der Waals surface area contributed by atoms with Gasteiger partial charge in [-0.05, 0) is 79.5 Å². The van der Waals surface area contributed by atoms with Crippen LogP contribution < -0.4 is 0 Å². The number of furan rings is 1. The van der Waals surface area contributed by atoms with E-state index in [4.69, 9.17) is 19.4 Å². The van der Waals surface area contributed by atoms with Gasteiger partial charge in [0.2, 0.25) is 0 Å². The lowest BCUT2D eigenvalue weighted by Crippen LogP contribution is -2.00. The van der Waals surface area contributed by atoms with Crippen LogP contribution >= 0.6 is 0 Å². The first-order valence-electron chi connectivity index (χ1n) is 19.8. The molecule has 0 aliphatic heterocycles. The Morgan fingerprint density at radius 1 is 0.271 bits per heavy atom. The van der Waals surface area contributed by atoms with E-state index in [1.165, 1.54) is 21.9 Å². The lowest BCUT2D eigenvalue weighted by molar-refractivity contribution is 0.669. The molecule has 0 saturated carbocycles. The zero-order chi connectivity index (χ0) is 39.1. The average molecular weight is 754 g/mol. The molecule has 0 amide bonds. The Morgan fingerprint density at radius 3 is 1.34 bits per heavy atom. The average Bonchev–Trinajstić information content (AvgIpc) is 3.70. The second-order valence-electron chi connectivity index (χ2n) is 14.8. The van der Waals surface area contributed by atoms with E-state index in [0.29, 0.717) is 17.5 Å². The molecule has 2 heterocycles. The minimum Gasteiger partial charge on any atom is -0.456 e. The summed E-state index contributed by atoms with van der Waals surface area (Å²) in [6.07, 6.45) is 0. The first-order chi connectivity index (χ1) is 29.2. The molecule has 0 N–H and O–H groups in total. The summed E-state index contributed by atoms with van der Waals surface area (Å²) in [5.74, 6) is 1.79. The van der Waals surface area contributed by atoms with Crippen molar-refractivity contribution in [2.75, 3.05) is 0 Å². The molecule has 0 atom stereocenters. The zero-order valence-electron chi connectivity index (χ0n) is 32.0.